The molecule has 1 saturated heterocycles. The lowest BCUT2D eigenvalue weighted by Crippen LogP contribution is -3.00. The Bertz CT molecular complexity index is 558. The van der Waals surface area contributed by atoms with E-state index < -0.39 is 0 Å². The number of nitrogens with zero attached hydrogens (tertiary/aromatic N) is 3. The molecule has 1 fully saturated rings. The van der Waals surface area contributed by atoms with Gasteiger partial charge >= 0.3 is 0 Å². The second-order valence-corrected chi connectivity index (χ2v) is 5.73. The van der Waals surface area contributed by atoms with Crippen molar-refractivity contribution in [3.8, 4) is 0 Å². The Morgan fingerprint density at radius 3 is 2.42 bits per heavy atom. The number of likely N-dealkylation sites (N-methyl/N-ethyl adjacent to an activating group) is 1. The number of rotatable bonds is 1. The molecule has 1 aromatic heterocycles. The molecule has 0 N–H and O–H groups in total. The maximum Gasteiger partial charge on any atom is 0.129 e. The van der Waals surface area contributed by atoms with Crippen LogP contribution in [0.15, 0.2) is 36.4 Å². The Labute approximate surface area is 131 Å². The van der Waals surface area contributed by atoms with Gasteiger partial charge in [0.15, 0.2) is 0 Å². The number of halogens is 1. The monoisotopic (exact) mass is 369 g/mol. The van der Waals surface area contributed by atoms with E-state index >= 15 is 0 Å². The van der Waals surface area contributed by atoms with Gasteiger partial charge in [-0.1, -0.05) is 18.2 Å². The van der Waals surface area contributed by atoms with Gasteiger partial charge in [-0.05, 0) is 18.2 Å². The molecule has 1 aromatic carbocycles. The first kappa shape index (κ1) is 14.5. The summed E-state index contributed by atoms with van der Waals surface area (Å²) < 4.78 is 1.12. The van der Waals surface area contributed by atoms with E-state index in [1.807, 2.05) is 0 Å². The molecule has 0 aliphatic carbocycles. The Kier molecular flexibility index (Phi) is 4.30. The highest BCUT2D eigenvalue weighted by Gasteiger charge is 2.24. The van der Waals surface area contributed by atoms with Crippen molar-refractivity contribution >= 4 is 16.7 Å². The standard InChI is InChI=1S/C15H20N3.HI/c1-18(2)11-9-17(10-12-18)15-8-7-13-5-3-4-6-14(13)16-15;/h3-8H,9-12H2,1-2H3;1H/q+1;/p-1. The molecule has 0 spiro atoms. The highest BCUT2D eigenvalue weighted by Crippen LogP contribution is 2.19. The summed E-state index contributed by atoms with van der Waals surface area (Å²) in [5, 5.41) is 1.22. The second kappa shape index (κ2) is 5.63. The van der Waals surface area contributed by atoms with Crippen LogP contribution in [0.1, 0.15) is 0 Å². The summed E-state index contributed by atoms with van der Waals surface area (Å²) in [6.07, 6.45) is 0. The van der Waals surface area contributed by atoms with Crippen molar-refractivity contribution in [1.29, 1.82) is 0 Å². The van der Waals surface area contributed by atoms with Crippen molar-refractivity contribution in [2.24, 2.45) is 0 Å². The van der Waals surface area contributed by atoms with Gasteiger partial charge in [0.25, 0.3) is 0 Å². The van der Waals surface area contributed by atoms with Crippen molar-refractivity contribution in [3.63, 3.8) is 0 Å². The summed E-state index contributed by atoms with van der Waals surface area (Å²) in [4.78, 5) is 7.16. The van der Waals surface area contributed by atoms with Crippen LogP contribution >= 0.6 is 0 Å². The SMILES string of the molecule is C[N+]1(C)CCN(c2ccc3ccccc3n2)CC1.[I-]. The summed E-state index contributed by atoms with van der Waals surface area (Å²) in [7, 11) is 4.59. The first-order valence-corrected chi connectivity index (χ1v) is 6.57. The van der Waals surface area contributed by atoms with E-state index in [2.05, 4.69) is 55.4 Å². The van der Waals surface area contributed by atoms with Gasteiger partial charge in [-0.15, -0.1) is 0 Å². The van der Waals surface area contributed by atoms with Gasteiger partial charge in [0.05, 0.1) is 45.8 Å². The third-order valence-electron chi connectivity index (χ3n) is 3.86. The van der Waals surface area contributed by atoms with E-state index in [1.165, 1.54) is 18.5 Å². The summed E-state index contributed by atoms with van der Waals surface area (Å²) >= 11 is 0. The molecule has 0 radical (unpaired) electrons. The molecule has 3 rings (SSSR count). The predicted molar refractivity (Wildman–Crippen MR) is 75.8 cm³/mol. The van der Waals surface area contributed by atoms with E-state index in [1.54, 1.807) is 0 Å². The van der Waals surface area contributed by atoms with Crippen LogP contribution in [0.3, 0.4) is 0 Å². The van der Waals surface area contributed by atoms with Crippen molar-refractivity contribution in [3.05, 3.63) is 36.4 Å². The van der Waals surface area contributed by atoms with Crippen LogP contribution in [-0.4, -0.2) is 49.7 Å². The molecular weight excluding hydrogens is 349 g/mol. The highest BCUT2D eigenvalue weighted by molar-refractivity contribution is 5.80. The minimum atomic E-state index is 0. The molecule has 0 saturated carbocycles. The van der Waals surface area contributed by atoms with Crippen LogP contribution < -0.4 is 28.9 Å². The topological polar surface area (TPSA) is 16.1 Å². The average Bonchev–Trinajstić information content (AvgIpc) is 2.38. The Hall–Kier alpha value is -0.880. The molecule has 19 heavy (non-hydrogen) atoms. The quantitative estimate of drug-likeness (QED) is 0.480. The molecule has 2 aromatic rings. The van der Waals surface area contributed by atoms with Crippen LogP contribution in [0.25, 0.3) is 10.9 Å². The smallest absolute Gasteiger partial charge is 0.129 e. The Morgan fingerprint density at radius 2 is 1.68 bits per heavy atom. The van der Waals surface area contributed by atoms with Crippen molar-refractivity contribution in [2.75, 3.05) is 45.2 Å². The zero-order valence-electron chi connectivity index (χ0n) is 11.5. The van der Waals surface area contributed by atoms with Crippen LogP contribution in [0, 0.1) is 0 Å². The van der Waals surface area contributed by atoms with E-state index in [9.17, 15) is 0 Å². The number of pyridine rings is 1. The molecule has 1 aliphatic heterocycles. The predicted octanol–water partition coefficient (Wildman–Crippen LogP) is -0.865. The van der Waals surface area contributed by atoms with E-state index in [4.69, 9.17) is 4.98 Å². The number of fused-ring (bicyclic) bond motifs is 1. The lowest BCUT2D eigenvalue weighted by molar-refractivity contribution is -0.890. The number of piperazine rings is 1. The third-order valence-corrected chi connectivity index (χ3v) is 3.86. The lowest BCUT2D eigenvalue weighted by Gasteiger charge is -2.39. The van der Waals surface area contributed by atoms with E-state index in [0.717, 1.165) is 28.9 Å². The zero-order valence-corrected chi connectivity index (χ0v) is 13.7. The first-order chi connectivity index (χ1) is 8.64. The van der Waals surface area contributed by atoms with Gasteiger partial charge in [0.1, 0.15) is 5.82 Å². The largest absolute Gasteiger partial charge is 1.00 e. The maximum atomic E-state index is 4.77. The fraction of sp³-hybridized carbons (Fsp3) is 0.400. The number of hydrogen-bond acceptors (Lipinski definition) is 2. The van der Waals surface area contributed by atoms with Crippen LogP contribution in [0.4, 0.5) is 5.82 Å². The molecule has 1 aliphatic rings. The zero-order chi connectivity index (χ0) is 12.6. The molecule has 0 bridgehead atoms. The number of benzene rings is 1. The molecule has 2 heterocycles. The summed E-state index contributed by atoms with van der Waals surface area (Å²) in [6.45, 7) is 4.57. The maximum absolute atomic E-state index is 4.77. The van der Waals surface area contributed by atoms with Crippen LogP contribution in [0.2, 0.25) is 0 Å². The lowest BCUT2D eigenvalue weighted by atomic mass is 10.2. The highest BCUT2D eigenvalue weighted by atomic mass is 127. The second-order valence-electron chi connectivity index (χ2n) is 5.73. The number of hydrogen-bond donors (Lipinski definition) is 0. The molecule has 0 atom stereocenters. The number of quaternary nitrogens is 1. The fourth-order valence-corrected chi connectivity index (χ4v) is 2.47. The van der Waals surface area contributed by atoms with Gasteiger partial charge in [0, 0.05) is 5.39 Å². The summed E-state index contributed by atoms with van der Waals surface area (Å²) in [5.41, 5.74) is 1.09. The first-order valence-electron chi connectivity index (χ1n) is 6.57. The molecular formula is C15H20IN3. The molecule has 0 amide bonds. The van der Waals surface area contributed by atoms with Gasteiger partial charge in [0.2, 0.25) is 0 Å². The number of para-hydroxylation sites is 1. The molecule has 0 unspecified atom stereocenters. The van der Waals surface area contributed by atoms with Crippen molar-refractivity contribution < 1.29 is 28.5 Å². The fourth-order valence-electron chi connectivity index (χ4n) is 2.47. The summed E-state index contributed by atoms with van der Waals surface area (Å²) in [6, 6.07) is 12.6. The third kappa shape index (κ3) is 3.17. The number of anilines is 1. The van der Waals surface area contributed by atoms with Crippen LogP contribution in [0.5, 0.6) is 0 Å². The Morgan fingerprint density at radius 1 is 1.00 bits per heavy atom. The van der Waals surface area contributed by atoms with E-state index in [0.29, 0.717) is 0 Å². The molecule has 102 valence electrons. The average molecular weight is 369 g/mol. The minimum Gasteiger partial charge on any atom is -1.00 e. The molecule has 3 nitrogen and oxygen atoms in total. The van der Waals surface area contributed by atoms with Gasteiger partial charge in [-0.3, -0.25) is 0 Å². The number of aromatic nitrogens is 1. The van der Waals surface area contributed by atoms with Gasteiger partial charge in [-0.2, -0.15) is 0 Å². The van der Waals surface area contributed by atoms with Crippen LogP contribution in [-0.2, 0) is 0 Å². The van der Waals surface area contributed by atoms with E-state index in [-0.39, 0.29) is 24.0 Å². The molecule has 4 heteroatoms. The Balaban J connectivity index is 0.00000133. The van der Waals surface area contributed by atoms with Crippen molar-refractivity contribution in [1.82, 2.24) is 4.98 Å². The summed E-state index contributed by atoms with van der Waals surface area (Å²) in [5.74, 6) is 1.12. The van der Waals surface area contributed by atoms with Gasteiger partial charge in [-0.25, -0.2) is 4.98 Å². The normalized spacial score (nSPS) is 18.1. The van der Waals surface area contributed by atoms with Crippen molar-refractivity contribution in [2.45, 2.75) is 0 Å². The van der Waals surface area contributed by atoms with Gasteiger partial charge < -0.3 is 33.4 Å². The minimum absolute atomic E-state index is 0.